The van der Waals surface area contributed by atoms with E-state index in [0.717, 1.165) is 32.3 Å². The largest absolute Gasteiger partial charge is 0.470 e. The van der Waals surface area contributed by atoms with E-state index in [1.165, 1.54) is 24.8 Å². The number of rotatable bonds is 5. The van der Waals surface area contributed by atoms with Crippen LogP contribution in [0.25, 0.3) is 0 Å². The number of hydrogen-bond donors (Lipinski definition) is 0. The molecule has 2 aliphatic rings. The summed E-state index contributed by atoms with van der Waals surface area (Å²) in [6.07, 6.45) is 9.64. The average Bonchev–Trinajstić information content (AvgIpc) is 3.19. The molecule has 8 heteroatoms. The minimum atomic E-state index is -0.489. The number of halogens is 1. The van der Waals surface area contributed by atoms with Gasteiger partial charge in [0.25, 0.3) is 11.8 Å². The van der Waals surface area contributed by atoms with Crippen molar-refractivity contribution in [2.24, 2.45) is 0 Å². The summed E-state index contributed by atoms with van der Waals surface area (Å²) >= 11 is 0. The number of carbonyl (C=O) groups is 1. The van der Waals surface area contributed by atoms with Gasteiger partial charge in [0.2, 0.25) is 0 Å². The van der Waals surface area contributed by atoms with E-state index < -0.39 is 5.82 Å². The summed E-state index contributed by atoms with van der Waals surface area (Å²) in [7, 11) is 0. The van der Waals surface area contributed by atoms with E-state index in [0.29, 0.717) is 25.2 Å². The molecule has 0 radical (unpaired) electrons. The Morgan fingerprint density at radius 2 is 2.25 bits per heavy atom. The average molecular weight is 388 g/mol. The number of ether oxygens (including phenoxy) is 2. The summed E-state index contributed by atoms with van der Waals surface area (Å²) < 4.78 is 27.0. The molecule has 2 saturated heterocycles. The van der Waals surface area contributed by atoms with E-state index in [4.69, 9.17) is 9.47 Å². The third-order valence-electron chi connectivity index (χ3n) is 5.21. The molecule has 0 N–H and O–H groups in total. The fourth-order valence-corrected chi connectivity index (χ4v) is 3.75. The lowest BCUT2D eigenvalue weighted by atomic mass is 10.1. The van der Waals surface area contributed by atoms with Crippen LogP contribution < -0.4 is 4.74 Å². The van der Waals surface area contributed by atoms with E-state index in [1.54, 1.807) is 22.0 Å². The summed E-state index contributed by atoms with van der Waals surface area (Å²) in [5.41, 5.74) is 0.556. The summed E-state index contributed by atoms with van der Waals surface area (Å²) in [5.74, 6) is -0.579. The molecular formula is C20H25FN4O3. The summed E-state index contributed by atoms with van der Waals surface area (Å²) in [4.78, 5) is 18.5. The van der Waals surface area contributed by atoms with Crippen LogP contribution in [-0.4, -0.2) is 57.5 Å². The van der Waals surface area contributed by atoms with Crippen molar-refractivity contribution in [3.05, 3.63) is 42.1 Å². The van der Waals surface area contributed by atoms with Crippen LogP contribution in [0.1, 0.15) is 42.5 Å². The van der Waals surface area contributed by atoms with Crippen molar-refractivity contribution >= 4 is 5.91 Å². The standard InChI is InChI=1S/C20H25FN4O3/c21-18-7-3-8-22-19(18)28-17-6-4-9-24(13-17)20(26)15-11-23-25(12-15)14-16-5-1-2-10-27-16/h3,7-8,11-12,16-17H,1-2,4-6,9-10,13-14H2. The van der Waals surface area contributed by atoms with Gasteiger partial charge >= 0.3 is 0 Å². The summed E-state index contributed by atoms with van der Waals surface area (Å²) in [6, 6.07) is 2.84. The highest BCUT2D eigenvalue weighted by atomic mass is 19.1. The Balaban J connectivity index is 1.35. The maximum absolute atomic E-state index is 13.8. The van der Waals surface area contributed by atoms with Crippen molar-refractivity contribution < 1.29 is 18.7 Å². The van der Waals surface area contributed by atoms with E-state index in [-0.39, 0.29) is 24.0 Å². The normalized spacial score (nSPS) is 22.8. The van der Waals surface area contributed by atoms with Crippen molar-refractivity contribution in [3.8, 4) is 5.88 Å². The molecule has 0 saturated carbocycles. The smallest absolute Gasteiger partial charge is 0.257 e. The van der Waals surface area contributed by atoms with Gasteiger partial charge < -0.3 is 14.4 Å². The molecule has 2 atom stereocenters. The van der Waals surface area contributed by atoms with Crippen LogP contribution in [-0.2, 0) is 11.3 Å². The second kappa shape index (κ2) is 8.68. The molecular weight excluding hydrogens is 363 g/mol. The maximum atomic E-state index is 13.8. The van der Waals surface area contributed by atoms with Crippen molar-refractivity contribution in [1.29, 1.82) is 0 Å². The highest BCUT2D eigenvalue weighted by molar-refractivity contribution is 5.93. The molecule has 2 unspecified atom stereocenters. The molecule has 4 heterocycles. The van der Waals surface area contributed by atoms with Gasteiger partial charge in [-0.05, 0) is 44.2 Å². The zero-order valence-corrected chi connectivity index (χ0v) is 15.8. The van der Waals surface area contributed by atoms with Crippen LogP contribution >= 0.6 is 0 Å². The monoisotopic (exact) mass is 388 g/mol. The Bertz CT molecular complexity index is 806. The highest BCUT2D eigenvalue weighted by Gasteiger charge is 2.27. The Morgan fingerprint density at radius 3 is 3.07 bits per heavy atom. The molecule has 0 aliphatic carbocycles. The lowest BCUT2D eigenvalue weighted by Crippen LogP contribution is -2.44. The molecule has 0 aromatic carbocycles. The molecule has 0 spiro atoms. The van der Waals surface area contributed by atoms with Crippen LogP contribution in [0.5, 0.6) is 5.88 Å². The van der Waals surface area contributed by atoms with Crippen LogP contribution in [0.2, 0.25) is 0 Å². The van der Waals surface area contributed by atoms with Crippen LogP contribution in [0.15, 0.2) is 30.7 Å². The fourth-order valence-electron chi connectivity index (χ4n) is 3.75. The van der Waals surface area contributed by atoms with Gasteiger partial charge in [0.05, 0.1) is 31.0 Å². The number of hydrogen-bond acceptors (Lipinski definition) is 5. The number of pyridine rings is 1. The molecule has 7 nitrogen and oxygen atoms in total. The zero-order chi connectivity index (χ0) is 19.3. The van der Waals surface area contributed by atoms with Gasteiger partial charge in [-0.1, -0.05) is 0 Å². The van der Waals surface area contributed by atoms with Crippen LogP contribution in [0.4, 0.5) is 4.39 Å². The Kier molecular flexibility index (Phi) is 5.85. The fraction of sp³-hybridized carbons (Fsp3) is 0.550. The first-order valence-electron chi connectivity index (χ1n) is 9.89. The number of likely N-dealkylation sites (tertiary alicyclic amines) is 1. The minimum Gasteiger partial charge on any atom is -0.470 e. The Morgan fingerprint density at radius 1 is 1.32 bits per heavy atom. The summed E-state index contributed by atoms with van der Waals surface area (Å²) in [5, 5.41) is 4.32. The second-order valence-corrected chi connectivity index (χ2v) is 7.36. The molecule has 150 valence electrons. The third-order valence-corrected chi connectivity index (χ3v) is 5.21. The van der Waals surface area contributed by atoms with Gasteiger partial charge in [0.1, 0.15) is 6.10 Å². The van der Waals surface area contributed by atoms with Crippen LogP contribution in [0, 0.1) is 5.82 Å². The third kappa shape index (κ3) is 4.49. The lowest BCUT2D eigenvalue weighted by molar-refractivity contribution is 0.00396. The topological polar surface area (TPSA) is 69.5 Å². The summed E-state index contributed by atoms with van der Waals surface area (Å²) in [6.45, 7) is 2.52. The van der Waals surface area contributed by atoms with Gasteiger partial charge in [-0.2, -0.15) is 5.10 Å². The van der Waals surface area contributed by atoms with Crippen molar-refractivity contribution in [1.82, 2.24) is 19.7 Å². The van der Waals surface area contributed by atoms with E-state index in [2.05, 4.69) is 10.1 Å². The lowest BCUT2D eigenvalue weighted by Gasteiger charge is -2.32. The van der Waals surface area contributed by atoms with Gasteiger partial charge in [-0.15, -0.1) is 0 Å². The van der Waals surface area contributed by atoms with Gasteiger partial charge in [0.15, 0.2) is 5.82 Å². The SMILES string of the molecule is O=C(c1cnn(CC2CCCCO2)c1)N1CCCC(Oc2ncccc2F)C1. The number of amides is 1. The minimum absolute atomic E-state index is 0.0119. The van der Waals surface area contributed by atoms with Crippen molar-refractivity contribution in [3.63, 3.8) is 0 Å². The van der Waals surface area contributed by atoms with Gasteiger partial charge in [0, 0.05) is 25.5 Å². The molecule has 2 aromatic rings. The molecule has 0 bridgehead atoms. The quantitative estimate of drug-likeness (QED) is 0.788. The Labute approximate surface area is 163 Å². The molecule has 4 rings (SSSR count). The molecule has 1 amide bonds. The van der Waals surface area contributed by atoms with Crippen LogP contribution in [0.3, 0.4) is 0 Å². The number of nitrogens with zero attached hydrogens (tertiary/aromatic N) is 4. The number of piperidine rings is 1. The highest BCUT2D eigenvalue weighted by Crippen LogP contribution is 2.21. The first-order chi connectivity index (χ1) is 13.7. The van der Waals surface area contributed by atoms with Gasteiger partial charge in [-0.25, -0.2) is 9.37 Å². The number of aromatic nitrogens is 3. The second-order valence-electron chi connectivity index (χ2n) is 7.36. The first kappa shape index (κ1) is 18.9. The Hall–Kier alpha value is -2.48. The zero-order valence-electron chi connectivity index (χ0n) is 15.8. The molecule has 2 aliphatic heterocycles. The predicted molar refractivity (Wildman–Crippen MR) is 99.6 cm³/mol. The van der Waals surface area contributed by atoms with Crippen molar-refractivity contribution in [2.75, 3.05) is 19.7 Å². The first-order valence-corrected chi connectivity index (χ1v) is 9.89. The molecule has 2 fully saturated rings. The van der Waals surface area contributed by atoms with E-state index in [1.807, 2.05) is 0 Å². The predicted octanol–water partition coefficient (Wildman–Crippen LogP) is 2.67. The molecule has 28 heavy (non-hydrogen) atoms. The maximum Gasteiger partial charge on any atom is 0.257 e. The van der Waals surface area contributed by atoms with E-state index in [9.17, 15) is 9.18 Å². The number of carbonyl (C=O) groups excluding carboxylic acids is 1. The molecule has 2 aromatic heterocycles. The van der Waals surface area contributed by atoms with Gasteiger partial charge in [-0.3, -0.25) is 9.48 Å². The van der Waals surface area contributed by atoms with E-state index >= 15 is 0 Å². The van der Waals surface area contributed by atoms with Crippen molar-refractivity contribution in [2.45, 2.75) is 50.9 Å².